The second kappa shape index (κ2) is 5.84. The first-order valence-corrected chi connectivity index (χ1v) is 5.66. The molecule has 3 N–H and O–H groups in total. The number of amidine groups is 1. The molecule has 88 valence electrons. The summed E-state index contributed by atoms with van der Waals surface area (Å²) >= 11 is 3.40. The van der Waals surface area contributed by atoms with Crippen LogP contribution in [0.5, 0.6) is 0 Å². The van der Waals surface area contributed by atoms with Gasteiger partial charge in [0.2, 0.25) is 0 Å². The zero-order chi connectivity index (χ0) is 11.5. The van der Waals surface area contributed by atoms with Crippen molar-refractivity contribution < 1.29 is 0 Å². The van der Waals surface area contributed by atoms with Crippen molar-refractivity contribution >= 4 is 34.2 Å². The van der Waals surface area contributed by atoms with Crippen molar-refractivity contribution in [2.45, 2.75) is 0 Å². The number of hydrogen-bond acceptors (Lipinski definition) is 1. The second-order valence-corrected chi connectivity index (χ2v) is 4.41. The Kier molecular flexibility index (Phi) is 4.73. The molecule has 0 aliphatic heterocycles. The molecule has 17 heavy (non-hydrogen) atoms. The predicted octanol–water partition coefficient (Wildman–Crippen LogP) is 3.82. The van der Waals surface area contributed by atoms with E-state index in [1.165, 1.54) is 0 Å². The molecule has 2 rings (SSSR count). The zero-order valence-corrected chi connectivity index (χ0v) is 11.4. The van der Waals surface area contributed by atoms with Gasteiger partial charge in [-0.05, 0) is 23.3 Å². The molecule has 0 heterocycles. The molecule has 0 aliphatic carbocycles. The number of nitrogens with two attached hydrogens (primary N) is 1. The first kappa shape index (κ1) is 13.7. The highest BCUT2D eigenvalue weighted by molar-refractivity contribution is 9.10. The van der Waals surface area contributed by atoms with Gasteiger partial charge >= 0.3 is 0 Å². The molecular formula is C13H12BrClN2. The first-order valence-electron chi connectivity index (χ1n) is 4.87. The van der Waals surface area contributed by atoms with E-state index in [0.29, 0.717) is 0 Å². The summed E-state index contributed by atoms with van der Waals surface area (Å²) in [4.78, 5) is 0. The third kappa shape index (κ3) is 3.32. The van der Waals surface area contributed by atoms with Gasteiger partial charge in [0.25, 0.3) is 0 Å². The minimum atomic E-state index is 0. The van der Waals surface area contributed by atoms with Gasteiger partial charge in [-0.25, -0.2) is 0 Å². The highest BCUT2D eigenvalue weighted by Crippen LogP contribution is 2.21. The van der Waals surface area contributed by atoms with E-state index < -0.39 is 0 Å². The van der Waals surface area contributed by atoms with Crippen LogP contribution in [0.2, 0.25) is 0 Å². The fourth-order valence-electron chi connectivity index (χ4n) is 1.48. The second-order valence-electron chi connectivity index (χ2n) is 3.50. The van der Waals surface area contributed by atoms with Crippen molar-refractivity contribution in [2.75, 3.05) is 0 Å². The number of hydrogen-bond donors (Lipinski definition) is 2. The molecule has 0 spiro atoms. The van der Waals surface area contributed by atoms with E-state index >= 15 is 0 Å². The van der Waals surface area contributed by atoms with Crippen LogP contribution >= 0.6 is 28.3 Å². The molecule has 0 fully saturated rings. The van der Waals surface area contributed by atoms with E-state index in [9.17, 15) is 0 Å². The number of nitrogen functional groups attached to an aromatic ring is 1. The lowest BCUT2D eigenvalue weighted by atomic mass is 10.0. The number of nitrogens with one attached hydrogen (secondary N) is 1. The summed E-state index contributed by atoms with van der Waals surface area (Å²) < 4.78 is 1.07. The predicted molar refractivity (Wildman–Crippen MR) is 77.8 cm³/mol. The third-order valence-corrected chi connectivity index (χ3v) is 2.90. The minimum Gasteiger partial charge on any atom is -0.384 e. The lowest BCUT2D eigenvalue weighted by molar-refractivity contribution is 1.42. The van der Waals surface area contributed by atoms with Gasteiger partial charge in [0, 0.05) is 10.0 Å². The Morgan fingerprint density at radius 2 is 1.29 bits per heavy atom. The fourth-order valence-corrected chi connectivity index (χ4v) is 1.75. The summed E-state index contributed by atoms with van der Waals surface area (Å²) in [6.45, 7) is 0. The lowest BCUT2D eigenvalue weighted by Crippen LogP contribution is -2.10. The van der Waals surface area contributed by atoms with Crippen LogP contribution in [-0.2, 0) is 0 Å². The van der Waals surface area contributed by atoms with Gasteiger partial charge in [-0.1, -0.05) is 52.3 Å². The Hall–Kier alpha value is -1.32. The van der Waals surface area contributed by atoms with Crippen LogP contribution in [0.3, 0.4) is 0 Å². The Labute approximate surface area is 115 Å². The normalized spacial score (nSPS) is 9.47. The molecule has 4 heteroatoms. The van der Waals surface area contributed by atoms with Crippen LogP contribution in [0.4, 0.5) is 0 Å². The maximum Gasteiger partial charge on any atom is 0.122 e. The molecule has 2 aromatic rings. The molecule has 2 aromatic carbocycles. The van der Waals surface area contributed by atoms with Crippen molar-refractivity contribution in [3.05, 3.63) is 58.6 Å². The molecule has 0 radical (unpaired) electrons. The monoisotopic (exact) mass is 310 g/mol. The maximum atomic E-state index is 7.31. The van der Waals surface area contributed by atoms with Gasteiger partial charge in [0.05, 0.1) is 0 Å². The number of halogens is 2. The van der Waals surface area contributed by atoms with Gasteiger partial charge in [-0.2, -0.15) is 0 Å². The van der Waals surface area contributed by atoms with Gasteiger partial charge in [-0.15, -0.1) is 12.4 Å². The Morgan fingerprint density at radius 1 is 0.882 bits per heavy atom. The number of rotatable bonds is 2. The standard InChI is InChI=1S/C13H11BrN2.ClH/c14-12-7-5-10(6-8-12)9-1-3-11(4-2-9)13(15)16;/h1-8H,(H3,15,16);1H. The van der Waals surface area contributed by atoms with E-state index in [4.69, 9.17) is 11.1 Å². The van der Waals surface area contributed by atoms with Crippen LogP contribution in [0.15, 0.2) is 53.0 Å². The molecule has 0 aromatic heterocycles. The quantitative estimate of drug-likeness (QED) is 0.643. The van der Waals surface area contributed by atoms with E-state index in [2.05, 4.69) is 15.9 Å². The van der Waals surface area contributed by atoms with E-state index in [0.717, 1.165) is 21.2 Å². The van der Waals surface area contributed by atoms with E-state index in [1.807, 2.05) is 48.5 Å². The van der Waals surface area contributed by atoms with Crippen LogP contribution in [0, 0.1) is 5.41 Å². The van der Waals surface area contributed by atoms with Crippen LogP contribution in [0.1, 0.15) is 5.56 Å². The summed E-state index contributed by atoms with van der Waals surface area (Å²) in [5.74, 6) is 0.0994. The van der Waals surface area contributed by atoms with Crippen molar-refractivity contribution in [1.82, 2.24) is 0 Å². The van der Waals surface area contributed by atoms with Gasteiger partial charge in [0.15, 0.2) is 0 Å². The maximum absolute atomic E-state index is 7.31. The SMILES string of the molecule is Cl.N=C(N)c1ccc(-c2ccc(Br)cc2)cc1. The molecule has 0 unspecified atom stereocenters. The average molecular weight is 312 g/mol. The summed E-state index contributed by atoms with van der Waals surface area (Å²) in [5, 5.41) is 7.31. The molecule has 2 nitrogen and oxygen atoms in total. The smallest absolute Gasteiger partial charge is 0.122 e. The summed E-state index contributed by atoms with van der Waals surface area (Å²) in [7, 11) is 0. The molecule has 0 saturated carbocycles. The van der Waals surface area contributed by atoms with Crippen LogP contribution in [0.25, 0.3) is 11.1 Å². The lowest BCUT2D eigenvalue weighted by Gasteiger charge is -2.03. The Bertz CT molecular complexity index is 506. The summed E-state index contributed by atoms with van der Waals surface area (Å²) in [6, 6.07) is 15.8. The Morgan fingerprint density at radius 3 is 1.71 bits per heavy atom. The Balaban J connectivity index is 0.00000144. The summed E-state index contributed by atoms with van der Waals surface area (Å²) in [5.41, 5.74) is 8.42. The molecular weight excluding hydrogens is 300 g/mol. The van der Waals surface area contributed by atoms with Gasteiger partial charge in [0.1, 0.15) is 5.84 Å². The van der Waals surface area contributed by atoms with Gasteiger partial charge < -0.3 is 5.73 Å². The first-order chi connectivity index (χ1) is 7.66. The zero-order valence-electron chi connectivity index (χ0n) is 8.98. The molecule has 0 atom stereocenters. The number of benzene rings is 2. The van der Waals surface area contributed by atoms with Crippen molar-refractivity contribution in [2.24, 2.45) is 5.73 Å². The van der Waals surface area contributed by atoms with Crippen molar-refractivity contribution in [1.29, 1.82) is 5.41 Å². The molecule has 0 saturated heterocycles. The molecule has 0 bridgehead atoms. The van der Waals surface area contributed by atoms with E-state index in [1.54, 1.807) is 0 Å². The van der Waals surface area contributed by atoms with Crippen molar-refractivity contribution in [3.63, 3.8) is 0 Å². The van der Waals surface area contributed by atoms with Crippen LogP contribution < -0.4 is 5.73 Å². The molecule has 0 amide bonds. The largest absolute Gasteiger partial charge is 0.384 e. The van der Waals surface area contributed by atoms with Crippen molar-refractivity contribution in [3.8, 4) is 11.1 Å². The van der Waals surface area contributed by atoms with E-state index in [-0.39, 0.29) is 18.2 Å². The third-order valence-electron chi connectivity index (χ3n) is 2.37. The highest BCUT2D eigenvalue weighted by atomic mass is 79.9. The van der Waals surface area contributed by atoms with Crippen LogP contribution in [-0.4, -0.2) is 5.84 Å². The fraction of sp³-hybridized carbons (Fsp3) is 0. The minimum absolute atomic E-state index is 0. The van der Waals surface area contributed by atoms with Gasteiger partial charge in [-0.3, -0.25) is 5.41 Å². The highest BCUT2D eigenvalue weighted by Gasteiger charge is 1.99. The topological polar surface area (TPSA) is 49.9 Å². The summed E-state index contributed by atoms with van der Waals surface area (Å²) in [6.07, 6.45) is 0. The molecule has 0 aliphatic rings. The average Bonchev–Trinajstić information content (AvgIpc) is 2.30.